The van der Waals surface area contributed by atoms with E-state index in [0.29, 0.717) is 22.6 Å². The molecule has 0 aromatic heterocycles. The summed E-state index contributed by atoms with van der Waals surface area (Å²) in [6.07, 6.45) is 2.18. The number of aryl methyl sites for hydroxylation is 2. The number of ether oxygens (including phenoxy) is 3. The molecule has 1 heterocycles. The second-order valence-electron chi connectivity index (χ2n) is 7.08. The Hall–Kier alpha value is -3.35. The lowest BCUT2D eigenvalue weighted by Crippen LogP contribution is -2.34. The summed E-state index contributed by atoms with van der Waals surface area (Å²) in [5.74, 6) is -0.331. The van der Waals surface area contributed by atoms with Crippen molar-refractivity contribution in [3.63, 3.8) is 0 Å². The summed E-state index contributed by atoms with van der Waals surface area (Å²) >= 11 is 0. The molecule has 2 aliphatic rings. The van der Waals surface area contributed by atoms with Gasteiger partial charge >= 0.3 is 5.97 Å². The van der Waals surface area contributed by atoms with Crippen molar-refractivity contribution in [2.45, 2.75) is 32.3 Å². The van der Waals surface area contributed by atoms with Gasteiger partial charge in [-0.2, -0.15) is 0 Å². The van der Waals surface area contributed by atoms with Crippen LogP contribution in [0.4, 0.5) is 0 Å². The van der Waals surface area contributed by atoms with E-state index in [1.807, 2.05) is 12.1 Å². The van der Waals surface area contributed by atoms with Crippen molar-refractivity contribution in [3.05, 3.63) is 58.7 Å². The van der Waals surface area contributed by atoms with E-state index in [0.717, 1.165) is 19.3 Å². The van der Waals surface area contributed by atoms with Crippen LogP contribution in [0.2, 0.25) is 0 Å². The average Bonchev–Trinajstić information content (AvgIpc) is 3.39. The van der Waals surface area contributed by atoms with Crippen LogP contribution in [-0.2, 0) is 22.4 Å². The average molecular weight is 395 g/mol. The van der Waals surface area contributed by atoms with Gasteiger partial charge in [-0.3, -0.25) is 14.4 Å². The number of carbonyl (C=O) groups is 3. The zero-order valence-electron chi connectivity index (χ0n) is 16.0. The van der Waals surface area contributed by atoms with Gasteiger partial charge in [0.25, 0.3) is 5.91 Å². The van der Waals surface area contributed by atoms with Crippen LogP contribution in [0.3, 0.4) is 0 Å². The van der Waals surface area contributed by atoms with Gasteiger partial charge in [0.15, 0.2) is 17.6 Å². The molecule has 7 heteroatoms. The second kappa shape index (κ2) is 7.95. The third kappa shape index (κ3) is 4.08. The van der Waals surface area contributed by atoms with Gasteiger partial charge < -0.3 is 19.5 Å². The monoisotopic (exact) mass is 395 g/mol. The van der Waals surface area contributed by atoms with Gasteiger partial charge in [-0.05, 0) is 61.6 Å². The number of hydrogen-bond acceptors (Lipinski definition) is 6. The first-order valence-electron chi connectivity index (χ1n) is 9.54. The van der Waals surface area contributed by atoms with Crippen LogP contribution in [0, 0.1) is 0 Å². The molecule has 7 nitrogen and oxygen atoms in total. The molecule has 1 aliphatic heterocycles. The highest BCUT2D eigenvalue weighted by atomic mass is 16.7. The lowest BCUT2D eigenvalue weighted by molar-refractivity contribution is -0.145. The minimum atomic E-state index is -0.926. The highest BCUT2D eigenvalue weighted by molar-refractivity contribution is 6.01. The molecule has 0 saturated carbocycles. The Kier molecular flexibility index (Phi) is 5.20. The largest absolute Gasteiger partial charge is 0.454 e. The Bertz CT molecular complexity index is 983. The number of benzene rings is 2. The first-order chi connectivity index (χ1) is 14.0. The first-order valence-corrected chi connectivity index (χ1v) is 9.54. The minimum Gasteiger partial charge on any atom is -0.454 e. The van der Waals surface area contributed by atoms with Gasteiger partial charge in [-0.15, -0.1) is 0 Å². The molecular formula is C22H21NO6. The summed E-state index contributed by atoms with van der Waals surface area (Å²) in [5.41, 5.74) is 3.34. The normalized spacial score (nSPS) is 14.8. The SMILES string of the molecule is C[C@H](OC(=O)CNC(=O)c1ccc2c(c1)OCO2)C(=O)c1ccc2c(c1)CCC2. The molecule has 0 radical (unpaired) electrons. The number of nitrogens with one attached hydrogen (secondary N) is 1. The number of esters is 1. The summed E-state index contributed by atoms with van der Waals surface area (Å²) in [6.45, 7) is 1.31. The van der Waals surface area contributed by atoms with E-state index < -0.39 is 18.0 Å². The topological polar surface area (TPSA) is 90.9 Å². The molecule has 2 aromatic carbocycles. The van der Waals surface area contributed by atoms with Gasteiger partial charge in [0.1, 0.15) is 6.54 Å². The number of hydrogen-bond donors (Lipinski definition) is 1. The maximum absolute atomic E-state index is 12.6. The number of rotatable bonds is 6. The number of ketones is 1. The van der Waals surface area contributed by atoms with E-state index in [2.05, 4.69) is 5.32 Å². The van der Waals surface area contributed by atoms with Crippen molar-refractivity contribution in [1.29, 1.82) is 0 Å². The molecule has 150 valence electrons. The Balaban J connectivity index is 1.30. The standard InChI is InChI=1S/C22H21NO6/c1-13(21(25)16-6-5-14-3-2-4-15(14)9-16)29-20(24)11-23-22(26)17-7-8-18-19(10-17)28-12-27-18/h5-10,13H,2-4,11-12H2,1H3,(H,23,26)/t13-/m0/s1. The minimum absolute atomic E-state index is 0.114. The summed E-state index contributed by atoms with van der Waals surface area (Å²) in [6, 6.07) is 10.4. The second-order valence-corrected chi connectivity index (χ2v) is 7.08. The Morgan fingerprint density at radius 1 is 1.00 bits per heavy atom. The van der Waals surface area contributed by atoms with Gasteiger partial charge in [-0.25, -0.2) is 0 Å². The van der Waals surface area contributed by atoms with Crippen molar-refractivity contribution >= 4 is 17.7 Å². The van der Waals surface area contributed by atoms with E-state index in [9.17, 15) is 14.4 Å². The van der Waals surface area contributed by atoms with Crippen molar-refractivity contribution in [2.24, 2.45) is 0 Å². The third-order valence-corrected chi connectivity index (χ3v) is 5.09. The maximum atomic E-state index is 12.6. The number of amides is 1. The van der Waals surface area contributed by atoms with Crippen LogP contribution in [0.25, 0.3) is 0 Å². The Morgan fingerprint density at radius 2 is 1.76 bits per heavy atom. The molecule has 2 aromatic rings. The van der Waals surface area contributed by atoms with Crippen LogP contribution in [-0.4, -0.2) is 37.1 Å². The third-order valence-electron chi connectivity index (χ3n) is 5.09. The van der Waals surface area contributed by atoms with E-state index >= 15 is 0 Å². The molecule has 1 N–H and O–H groups in total. The number of Topliss-reactive ketones (excluding diaryl/α,β-unsaturated/α-hetero) is 1. The summed E-state index contributed by atoms with van der Waals surface area (Å²) in [5, 5.41) is 2.49. The molecule has 0 spiro atoms. The molecule has 1 amide bonds. The van der Waals surface area contributed by atoms with Crippen molar-refractivity contribution in [3.8, 4) is 11.5 Å². The van der Waals surface area contributed by atoms with Gasteiger partial charge in [0, 0.05) is 11.1 Å². The molecule has 1 aliphatic carbocycles. The quantitative estimate of drug-likeness (QED) is 0.597. The van der Waals surface area contributed by atoms with Gasteiger partial charge in [0.2, 0.25) is 12.6 Å². The highest BCUT2D eigenvalue weighted by Crippen LogP contribution is 2.32. The van der Waals surface area contributed by atoms with Crippen LogP contribution in [0.5, 0.6) is 11.5 Å². The fourth-order valence-electron chi connectivity index (χ4n) is 3.54. The van der Waals surface area contributed by atoms with Gasteiger partial charge in [0.05, 0.1) is 0 Å². The molecule has 0 fully saturated rings. The van der Waals surface area contributed by atoms with Gasteiger partial charge in [-0.1, -0.05) is 12.1 Å². The zero-order chi connectivity index (χ0) is 20.4. The Morgan fingerprint density at radius 3 is 2.62 bits per heavy atom. The summed E-state index contributed by atoms with van der Waals surface area (Å²) in [7, 11) is 0. The van der Waals surface area contributed by atoms with E-state index in [-0.39, 0.29) is 19.1 Å². The van der Waals surface area contributed by atoms with Crippen molar-refractivity contribution < 1.29 is 28.6 Å². The summed E-state index contributed by atoms with van der Waals surface area (Å²) in [4.78, 5) is 36.8. The van der Waals surface area contributed by atoms with Crippen LogP contribution < -0.4 is 14.8 Å². The molecule has 0 saturated heterocycles. The lowest BCUT2D eigenvalue weighted by Gasteiger charge is -2.13. The predicted octanol–water partition coefficient (Wildman–Crippen LogP) is 2.45. The van der Waals surface area contributed by atoms with Crippen LogP contribution >= 0.6 is 0 Å². The zero-order valence-corrected chi connectivity index (χ0v) is 16.0. The fraction of sp³-hybridized carbons (Fsp3) is 0.318. The predicted molar refractivity (Wildman–Crippen MR) is 103 cm³/mol. The molecule has 29 heavy (non-hydrogen) atoms. The molecule has 4 rings (SSSR count). The highest BCUT2D eigenvalue weighted by Gasteiger charge is 2.22. The number of fused-ring (bicyclic) bond motifs is 2. The smallest absolute Gasteiger partial charge is 0.326 e. The van der Waals surface area contributed by atoms with Crippen molar-refractivity contribution in [2.75, 3.05) is 13.3 Å². The van der Waals surface area contributed by atoms with Crippen LogP contribution in [0.15, 0.2) is 36.4 Å². The fourth-order valence-corrected chi connectivity index (χ4v) is 3.54. The molecular weight excluding hydrogens is 374 g/mol. The molecule has 0 unspecified atom stereocenters. The summed E-state index contributed by atoms with van der Waals surface area (Å²) < 4.78 is 15.6. The lowest BCUT2D eigenvalue weighted by atomic mass is 10.0. The van der Waals surface area contributed by atoms with E-state index in [1.54, 1.807) is 24.3 Å². The van der Waals surface area contributed by atoms with Crippen LogP contribution in [0.1, 0.15) is 45.2 Å². The molecule has 1 atom stereocenters. The molecule has 0 bridgehead atoms. The maximum Gasteiger partial charge on any atom is 0.326 e. The Labute approximate surface area is 168 Å². The first kappa shape index (κ1) is 19.0. The van der Waals surface area contributed by atoms with E-state index in [1.165, 1.54) is 18.1 Å². The van der Waals surface area contributed by atoms with E-state index in [4.69, 9.17) is 14.2 Å². The number of carbonyl (C=O) groups excluding carboxylic acids is 3. The van der Waals surface area contributed by atoms with Crippen molar-refractivity contribution in [1.82, 2.24) is 5.32 Å².